The number of hydrogen-bond donors (Lipinski definition) is 0. The van der Waals surface area contributed by atoms with Gasteiger partial charge < -0.3 is 4.57 Å². The molecule has 8 aromatic carbocycles. The maximum absolute atomic E-state index is 5.30. The molecule has 0 amide bonds. The second kappa shape index (κ2) is 12.4. The minimum atomic E-state index is 1.04. The van der Waals surface area contributed by atoms with Gasteiger partial charge in [0.1, 0.15) is 0 Å². The van der Waals surface area contributed by atoms with Crippen LogP contribution in [0.3, 0.4) is 0 Å². The van der Waals surface area contributed by atoms with Crippen LogP contribution in [0.4, 0.5) is 0 Å². The fourth-order valence-corrected chi connectivity index (χ4v) is 9.39. The summed E-state index contributed by atoms with van der Waals surface area (Å²) in [4.78, 5) is 5.30. The van der Waals surface area contributed by atoms with Gasteiger partial charge in [-0.3, -0.25) is 4.98 Å². The Hall–Kier alpha value is -6.81. The van der Waals surface area contributed by atoms with Gasteiger partial charge in [-0.15, -0.1) is 11.3 Å². The zero-order chi connectivity index (χ0) is 35.6. The molecular formula is C51H32N2S. The van der Waals surface area contributed by atoms with Crippen LogP contribution < -0.4 is 0 Å². The average Bonchev–Trinajstić information content (AvgIpc) is 3.80. The van der Waals surface area contributed by atoms with Crippen LogP contribution in [0.1, 0.15) is 0 Å². The summed E-state index contributed by atoms with van der Waals surface area (Å²) in [6.45, 7) is 0. The molecule has 0 aliphatic carbocycles. The van der Waals surface area contributed by atoms with Crippen molar-refractivity contribution < 1.29 is 0 Å². The SMILES string of the molecule is c1ccc(-c2cc(-c3ccccc3)cc(-n3c4ccc(-c5ccccc5)cc4c4cnc5c(ccc6c7cc(-c8ccccc8)ccc7sc65)c43)c2)cc1. The summed E-state index contributed by atoms with van der Waals surface area (Å²) >= 11 is 1.84. The number of aromatic nitrogens is 2. The maximum atomic E-state index is 5.30. The van der Waals surface area contributed by atoms with Crippen LogP contribution in [-0.4, -0.2) is 9.55 Å². The van der Waals surface area contributed by atoms with E-state index >= 15 is 0 Å². The number of nitrogens with zero attached hydrogens (tertiary/aromatic N) is 2. The summed E-state index contributed by atoms with van der Waals surface area (Å²) in [6.07, 6.45) is 2.11. The quantitative estimate of drug-likeness (QED) is 0.174. The van der Waals surface area contributed by atoms with Crippen molar-refractivity contribution in [3.05, 3.63) is 194 Å². The lowest BCUT2D eigenvalue weighted by Gasteiger charge is -2.15. The summed E-state index contributed by atoms with van der Waals surface area (Å²) in [5.41, 5.74) is 14.1. The number of fused-ring (bicyclic) bond motifs is 9. The molecule has 0 N–H and O–H groups in total. The van der Waals surface area contributed by atoms with Crippen LogP contribution in [-0.2, 0) is 0 Å². The Labute approximate surface area is 316 Å². The first-order chi connectivity index (χ1) is 26.8. The zero-order valence-electron chi connectivity index (χ0n) is 29.3. The van der Waals surface area contributed by atoms with Gasteiger partial charge in [-0.25, -0.2) is 0 Å². The summed E-state index contributed by atoms with van der Waals surface area (Å²) < 4.78 is 4.98. The molecule has 2 nitrogen and oxygen atoms in total. The molecule has 54 heavy (non-hydrogen) atoms. The summed E-state index contributed by atoms with van der Waals surface area (Å²) in [5.74, 6) is 0. The van der Waals surface area contributed by atoms with Crippen LogP contribution in [0, 0.1) is 0 Å². The highest BCUT2D eigenvalue weighted by Crippen LogP contribution is 2.44. The van der Waals surface area contributed by atoms with Gasteiger partial charge in [-0.2, -0.15) is 0 Å². The first-order valence-electron chi connectivity index (χ1n) is 18.4. The minimum Gasteiger partial charge on any atom is -0.308 e. The first kappa shape index (κ1) is 30.8. The molecule has 0 saturated heterocycles. The van der Waals surface area contributed by atoms with E-state index in [0.717, 1.165) is 27.5 Å². The van der Waals surface area contributed by atoms with Gasteiger partial charge >= 0.3 is 0 Å². The number of rotatable bonds is 5. The molecule has 11 rings (SSSR count). The van der Waals surface area contributed by atoms with Crippen molar-refractivity contribution in [1.82, 2.24) is 9.55 Å². The van der Waals surface area contributed by atoms with E-state index in [9.17, 15) is 0 Å². The number of thiophene rings is 1. The topological polar surface area (TPSA) is 17.8 Å². The Morgan fingerprint density at radius 3 is 1.48 bits per heavy atom. The van der Waals surface area contributed by atoms with E-state index in [0.29, 0.717) is 0 Å². The third kappa shape index (κ3) is 4.97. The van der Waals surface area contributed by atoms with E-state index in [1.165, 1.54) is 75.6 Å². The lowest BCUT2D eigenvalue weighted by molar-refractivity contribution is 1.19. The molecule has 0 unspecified atom stereocenters. The number of pyridine rings is 1. The lowest BCUT2D eigenvalue weighted by atomic mass is 9.98. The van der Waals surface area contributed by atoms with Crippen LogP contribution in [0.25, 0.3) is 103 Å². The Bertz CT molecular complexity index is 3120. The van der Waals surface area contributed by atoms with E-state index in [1.807, 2.05) is 11.3 Å². The molecule has 0 spiro atoms. The molecule has 3 aromatic heterocycles. The Morgan fingerprint density at radius 2 is 0.889 bits per heavy atom. The second-order valence-corrected chi connectivity index (χ2v) is 15.0. The predicted octanol–water partition coefficient (Wildman–Crippen LogP) is 14.4. The van der Waals surface area contributed by atoms with Gasteiger partial charge in [0.25, 0.3) is 0 Å². The Morgan fingerprint density at radius 1 is 0.370 bits per heavy atom. The molecule has 252 valence electrons. The maximum Gasteiger partial charge on any atom is 0.0902 e. The van der Waals surface area contributed by atoms with Gasteiger partial charge in [0, 0.05) is 43.5 Å². The molecule has 0 radical (unpaired) electrons. The minimum absolute atomic E-state index is 1.04. The largest absolute Gasteiger partial charge is 0.308 e. The third-order valence-electron chi connectivity index (χ3n) is 10.8. The summed E-state index contributed by atoms with van der Waals surface area (Å²) in [5, 5.41) is 6.01. The molecule has 3 heteroatoms. The molecule has 0 saturated carbocycles. The van der Waals surface area contributed by atoms with Crippen molar-refractivity contribution in [2.75, 3.05) is 0 Å². The zero-order valence-corrected chi connectivity index (χ0v) is 30.1. The third-order valence-corrected chi connectivity index (χ3v) is 12.0. The first-order valence-corrected chi connectivity index (χ1v) is 19.2. The Kier molecular flexibility index (Phi) is 7.07. The van der Waals surface area contributed by atoms with Crippen LogP contribution >= 0.6 is 11.3 Å². The van der Waals surface area contributed by atoms with Crippen LogP contribution in [0.2, 0.25) is 0 Å². The molecule has 0 aliphatic heterocycles. The fraction of sp³-hybridized carbons (Fsp3) is 0. The van der Waals surface area contributed by atoms with Gasteiger partial charge in [0.2, 0.25) is 0 Å². The molecule has 0 bridgehead atoms. The van der Waals surface area contributed by atoms with Crippen LogP contribution in [0.5, 0.6) is 0 Å². The van der Waals surface area contributed by atoms with Crippen molar-refractivity contribution in [2.45, 2.75) is 0 Å². The average molecular weight is 705 g/mol. The number of benzene rings is 8. The molecule has 11 aromatic rings. The van der Waals surface area contributed by atoms with Gasteiger partial charge in [0.15, 0.2) is 0 Å². The fourth-order valence-electron chi connectivity index (χ4n) is 8.21. The van der Waals surface area contributed by atoms with Gasteiger partial charge in [0.05, 0.1) is 21.3 Å². The normalized spacial score (nSPS) is 11.7. The standard InChI is InChI=1S/C51H32N2S/c1-5-13-33(14-6-1)37-21-25-47-44(30-37)46-32-52-49-43(24-23-42-45-31-38(34-15-7-2-8-16-34)22-26-48(45)54-51(42)49)50(46)53(47)41-28-39(35-17-9-3-10-18-35)27-40(29-41)36-19-11-4-12-20-36/h1-32H. The smallest absolute Gasteiger partial charge is 0.0902 e. The summed E-state index contributed by atoms with van der Waals surface area (Å²) in [7, 11) is 0. The van der Waals surface area contributed by atoms with Gasteiger partial charge in [-0.05, 0) is 93.0 Å². The molecular weight excluding hydrogens is 673 g/mol. The lowest BCUT2D eigenvalue weighted by Crippen LogP contribution is -1.97. The van der Waals surface area contributed by atoms with Gasteiger partial charge in [-0.1, -0.05) is 140 Å². The van der Waals surface area contributed by atoms with E-state index in [1.54, 1.807) is 0 Å². The van der Waals surface area contributed by atoms with Crippen molar-refractivity contribution in [2.24, 2.45) is 0 Å². The molecule has 0 aliphatic rings. The second-order valence-electron chi connectivity index (χ2n) is 14.0. The monoisotopic (exact) mass is 704 g/mol. The van der Waals surface area contributed by atoms with E-state index < -0.39 is 0 Å². The Balaban J connectivity index is 1.23. The van der Waals surface area contributed by atoms with E-state index in [2.05, 4.69) is 199 Å². The summed E-state index contributed by atoms with van der Waals surface area (Å²) in [6, 6.07) is 68.2. The van der Waals surface area contributed by atoms with Crippen molar-refractivity contribution >= 4 is 64.2 Å². The highest BCUT2D eigenvalue weighted by atomic mass is 32.1. The van der Waals surface area contributed by atoms with E-state index in [4.69, 9.17) is 4.98 Å². The molecule has 3 heterocycles. The molecule has 0 atom stereocenters. The van der Waals surface area contributed by atoms with Crippen molar-refractivity contribution in [3.8, 4) is 50.2 Å². The van der Waals surface area contributed by atoms with Crippen molar-refractivity contribution in [1.29, 1.82) is 0 Å². The van der Waals surface area contributed by atoms with E-state index in [-0.39, 0.29) is 0 Å². The predicted molar refractivity (Wildman–Crippen MR) is 231 cm³/mol. The number of hydrogen-bond acceptors (Lipinski definition) is 2. The van der Waals surface area contributed by atoms with Crippen LogP contribution in [0.15, 0.2) is 194 Å². The highest BCUT2D eigenvalue weighted by Gasteiger charge is 2.20. The van der Waals surface area contributed by atoms with Crippen molar-refractivity contribution in [3.63, 3.8) is 0 Å². The molecule has 0 fully saturated rings. The highest BCUT2D eigenvalue weighted by molar-refractivity contribution is 7.26.